The molecule has 0 saturated carbocycles. The van der Waals surface area contributed by atoms with E-state index in [4.69, 9.17) is 11.6 Å². The minimum Gasteiger partial charge on any atom is -0.339 e. The number of piperidine rings is 1. The van der Waals surface area contributed by atoms with Crippen LogP contribution in [0.15, 0.2) is 55.4 Å². The monoisotopic (exact) mass is 410 g/mol. The average molecular weight is 411 g/mol. The lowest BCUT2D eigenvalue weighted by Crippen LogP contribution is -2.38. The normalized spacial score (nSPS) is 16.6. The fourth-order valence-electron chi connectivity index (χ4n) is 3.73. The van der Waals surface area contributed by atoms with Gasteiger partial charge < -0.3 is 10.2 Å². The van der Waals surface area contributed by atoms with E-state index in [9.17, 15) is 9.18 Å². The third-order valence-corrected chi connectivity index (χ3v) is 5.54. The Labute approximate surface area is 173 Å². The highest BCUT2D eigenvalue weighted by Crippen LogP contribution is 2.32. The number of amides is 1. The highest BCUT2D eigenvalue weighted by atomic mass is 35.5. The first kappa shape index (κ1) is 19.3. The van der Waals surface area contributed by atoms with E-state index in [1.165, 1.54) is 18.5 Å². The molecular weight excluding hydrogens is 391 g/mol. The number of fused-ring (bicyclic) bond motifs is 1. The van der Waals surface area contributed by atoms with Crippen molar-refractivity contribution in [1.29, 1.82) is 0 Å². The van der Waals surface area contributed by atoms with Gasteiger partial charge in [0, 0.05) is 24.4 Å². The Morgan fingerprint density at radius 1 is 1.31 bits per heavy atom. The van der Waals surface area contributed by atoms with Gasteiger partial charge in [-0.1, -0.05) is 30.3 Å². The van der Waals surface area contributed by atoms with Crippen molar-refractivity contribution < 1.29 is 9.18 Å². The van der Waals surface area contributed by atoms with Crippen LogP contribution in [0.25, 0.3) is 10.9 Å². The number of nitrogens with one attached hydrogen (secondary N) is 1. The number of aromatic nitrogens is 2. The smallest absolute Gasteiger partial charge is 0.245 e. The van der Waals surface area contributed by atoms with Crippen LogP contribution in [-0.2, 0) is 4.79 Å². The minimum absolute atomic E-state index is 0.0439. The fraction of sp³-hybridized carbons (Fsp3) is 0.227. The largest absolute Gasteiger partial charge is 0.339 e. The van der Waals surface area contributed by atoms with Gasteiger partial charge in [-0.2, -0.15) is 0 Å². The molecule has 0 spiro atoms. The van der Waals surface area contributed by atoms with E-state index >= 15 is 0 Å². The molecule has 0 radical (unpaired) electrons. The first-order valence-corrected chi connectivity index (χ1v) is 9.81. The van der Waals surface area contributed by atoms with Crippen molar-refractivity contribution in [3.8, 4) is 0 Å². The molecule has 1 amide bonds. The number of nitrogens with zero attached hydrogens (tertiary/aromatic N) is 3. The summed E-state index contributed by atoms with van der Waals surface area (Å²) in [6.45, 7) is 4.98. The van der Waals surface area contributed by atoms with Crippen molar-refractivity contribution in [2.24, 2.45) is 0 Å². The van der Waals surface area contributed by atoms with E-state index in [0.29, 0.717) is 12.4 Å². The molecule has 0 aliphatic carbocycles. The van der Waals surface area contributed by atoms with Crippen LogP contribution in [0, 0.1) is 5.82 Å². The Kier molecular flexibility index (Phi) is 5.45. The summed E-state index contributed by atoms with van der Waals surface area (Å²) in [5.41, 5.74) is 2.11. The molecule has 29 heavy (non-hydrogen) atoms. The molecule has 4 rings (SSSR count). The third kappa shape index (κ3) is 3.93. The molecule has 0 unspecified atom stereocenters. The van der Waals surface area contributed by atoms with Crippen molar-refractivity contribution in [3.63, 3.8) is 0 Å². The van der Waals surface area contributed by atoms with Gasteiger partial charge in [-0.05, 0) is 48.7 Å². The summed E-state index contributed by atoms with van der Waals surface area (Å²) in [5.74, 6) is 0.154. The zero-order valence-electron chi connectivity index (χ0n) is 15.7. The van der Waals surface area contributed by atoms with Crippen LogP contribution < -0.4 is 5.32 Å². The summed E-state index contributed by atoms with van der Waals surface area (Å²) < 4.78 is 14.3. The second-order valence-corrected chi connectivity index (χ2v) is 7.46. The maximum absolute atomic E-state index is 14.3. The van der Waals surface area contributed by atoms with Gasteiger partial charge in [-0.3, -0.25) is 4.79 Å². The molecule has 0 bridgehead atoms. The summed E-state index contributed by atoms with van der Waals surface area (Å²) in [6, 6.07) is 10.8. The molecule has 1 aliphatic heterocycles. The van der Waals surface area contributed by atoms with Crippen LogP contribution >= 0.6 is 11.6 Å². The van der Waals surface area contributed by atoms with Gasteiger partial charge in [-0.25, -0.2) is 14.4 Å². The molecule has 1 fully saturated rings. The van der Waals surface area contributed by atoms with Crippen LogP contribution in [-0.4, -0.2) is 33.9 Å². The zero-order chi connectivity index (χ0) is 20.4. The van der Waals surface area contributed by atoms with Crippen molar-refractivity contribution in [2.75, 3.05) is 18.4 Å². The molecule has 7 heteroatoms. The Bertz CT molecular complexity index is 1090. The highest BCUT2D eigenvalue weighted by Gasteiger charge is 2.24. The molecular formula is C22H20ClFN4O. The number of halogens is 2. The molecule has 3 aromatic rings. The zero-order valence-corrected chi connectivity index (χ0v) is 16.5. The third-order valence-electron chi connectivity index (χ3n) is 5.24. The van der Waals surface area contributed by atoms with E-state index in [1.54, 1.807) is 12.1 Å². The maximum atomic E-state index is 14.3. The molecule has 5 nitrogen and oxygen atoms in total. The summed E-state index contributed by atoms with van der Waals surface area (Å²) in [7, 11) is 0. The van der Waals surface area contributed by atoms with Gasteiger partial charge in [-0.15, -0.1) is 0 Å². The number of hydrogen-bond donors (Lipinski definition) is 1. The first-order valence-electron chi connectivity index (χ1n) is 9.44. The van der Waals surface area contributed by atoms with Gasteiger partial charge in [0.05, 0.1) is 16.2 Å². The quantitative estimate of drug-likeness (QED) is 0.611. The SMILES string of the molecule is C=CC(=O)N1CCC[C@H](c2ccc3ncnc(Nc4cccc(Cl)c4F)c3c2)C1. The minimum atomic E-state index is -0.525. The maximum Gasteiger partial charge on any atom is 0.245 e. The topological polar surface area (TPSA) is 58.1 Å². The number of benzene rings is 2. The highest BCUT2D eigenvalue weighted by molar-refractivity contribution is 6.31. The standard InChI is InChI=1S/C22H20ClFN4O/c1-2-20(29)28-10-4-5-15(12-28)14-8-9-18-16(11-14)22(26-13-25-18)27-19-7-3-6-17(23)21(19)24/h2-3,6-9,11,13,15H,1,4-5,10,12H2,(H,25,26,27)/t15-/m0/s1. The van der Waals surface area contributed by atoms with Crippen molar-refractivity contribution in [2.45, 2.75) is 18.8 Å². The van der Waals surface area contributed by atoms with Gasteiger partial charge in [0.2, 0.25) is 5.91 Å². The Hall–Kier alpha value is -2.99. The second kappa shape index (κ2) is 8.17. The van der Waals surface area contributed by atoms with Crippen LogP contribution in [0.2, 0.25) is 5.02 Å². The molecule has 2 heterocycles. The molecule has 148 valence electrons. The second-order valence-electron chi connectivity index (χ2n) is 7.05. The van der Waals surface area contributed by atoms with Crippen LogP contribution in [0.4, 0.5) is 15.9 Å². The van der Waals surface area contributed by atoms with Gasteiger partial charge in [0.15, 0.2) is 5.82 Å². The Morgan fingerprint density at radius 3 is 3.00 bits per heavy atom. The lowest BCUT2D eigenvalue weighted by molar-refractivity contribution is -0.127. The van der Waals surface area contributed by atoms with E-state index in [-0.39, 0.29) is 22.5 Å². The van der Waals surface area contributed by atoms with Crippen molar-refractivity contribution in [1.82, 2.24) is 14.9 Å². The predicted molar refractivity (Wildman–Crippen MR) is 113 cm³/mol. The summed E-state index contributed by atoms with van der Waals surface area (Å²) >= 11 is 5.89. The Balaban J connectivity index is 1.68. The molecule has 1 N–H and O–H groups in total. The van der Waals surface area contributed by atoms with Crippen LogP contribution in [0.3, 0.4) is 0 Å². The van der Waals surface area contributed by atoms with Crippen LogP contribution in [0.1, 0.15) is 24.3 Å². The average Bonchev–Trinajstić information content (AvgIpc) is 2.76. The number of anilines is 2. The number of carbonyl (C=O) groups is 1. The Morgan fingerprint density at radius 2 is 2.17 bits per heavy atom. The molecule has 2 aromatic carbocycles. The lowest BCUT2D eigenvalue weighted by atomic mass is 9.90. The van der Waals surface area contributed by atoms with E-state index < -0.39 is 5.82 Å². The molecule has 1 aromatic heterocycles. The number of rotatable bonds is 4. The molecule has 1 aliphatic rings. The molecule has 1 saturated heterocycles. The van der Waals surface area contributed by atoms with Gasteiger partial charge in [0.25, 0.3) is 0 Å². The van der Waals surface area contributed by atoms with Crippen molar-refractivity contribution in [3.05, 3.63) is 71.8 Å². The number of hydrogen-bond acceptors (Lipinski definition) is 4. The first-order chi connectivity index (χ1) is 14.1. The summed E-state index contributed by atoms with van der Waals surface area (Å²) in [5, 5.41) is 3.87. The fourth-order valence-corrected chi connectivity index (χ4v) is 3.91. The lowest BCUT2D eigenvalue weighted by Gasteiger charge is -2.32. The van der Waals surface area contributed by atoms with E-state index in [0.717, 1.165) is 35.9 Å². The van der Waals surface area contributed by atoms with Gasteiger partial charge >= 0.3 is 0 Å². The number of carbonyl (C=O) groups excluding carboxylic acids is 1. The van der Waals surface area contributed by atoms with Gasteiger partial charge in [0.1, 0.15) is 12.1 Å². The summed E-state index contributed by atoms with van der Waals surface area (Å²) in [6.07, 6.45) is 4.73. The van der Waals surface area contributed by atoms with E-state index in [1.807, 2.05) is 23.1 Å². The number of likely N-dealkylation sites (tertiary alicyclic amines) is 1. The van der Waals surface area contributed by atoms with Crippen molar-refractivity contribution >= 4 is 39.9 Å². The van der Waals surface area contributed by atoms with Crippen LogP contribution in [0.5, 0.6) is 0 Å². The molecule has 1 atom stereocenters. The predicted octanol–water partition coefficient (Wildman–Crippen LogP) is 5.06. The summed E-state index contributed by atoms with van der Waals surface area (Å²) in [4.78, 5) is 22.5. The van der Waals surface area contributed by atoms with E-state index in [2.05, 4.69) is 21.9 Å².